The number of carbonyl (C=O) groups is 2. The van der Waals surface area contributed by atoms with E-state index in [2.05, 4.69) is 13.0 Å². The Balaban J connectivity index is 2.92. The summed E-state index contributed by atoms with van der Waals surface area (Å²) in [7, 11) is 0. The molecule has 18 heavy (non-hydrogen) atoms. The van der Waals surface area contributed by atoms with Crippen LogP contribution in [0.4, 0.5) is 0 Å². The molecule has 0 saturated carbocycles. The summed E-state index contributed by atoms with van der Waals surface area (Å²) in [6.45, 7) is 6.06. The maximum Gasteiger partial charge on any atom is 0.170 e. The van der Waals surface area contributed by atoms with E-state index in [0.29, 0.717) is 6.42 Å². The Kier molecular flexibility index (Phi) is 5.76. The van der Waals surface area contributed by atoms with Crippen LogP contribution < -0.4 is 0 Å². The smallest absolute Gasteiger partial charge is 0.170 e. The minimum Gasteiger partial charge on any atom is -0.299 e. The molecule has 0 atom stereocenters. The summed E-state index contributed by atoms with van der Waals surface area (Å²) in [6, 6.07) is 6.01. The van der Waals surface area contributed by atoms with Gasteiger partial charge in [-0.1, -0.05) is 32.9 Å². The minimum atomic E-state index is -0.0272. The van der Waals surface area contributed by atoms with E-state index in [1.54, 1.807) is 0 Å². The van der Waals surface area contributed by atoms with Gasteiger partial charge in [-0.3, -0.25) is 9.59 Å². The molecule has 0 spiro atoms. The van der Waals surface area contributed by atoms with Crippen molar-refractivity contribution < 1.29 is 9.59 Å². The lowest BCUT2D eigenvalue weighted by atomic mass is 9.95. The number of hydrogen-bond donors (Lipinski definition) is 0. The van der Waals surface area contributed by atoms with Crippen molar-refractivity contribution in [3.8, 4) is 0 Å². The van der Waals surface area contributed by atoms with Gasteiger partial charge in [0.2, 0.25) is 0 Å². The second-order valence-corrected chi connectivity index (χ2v) is 4.59. The molecule has 1 rings (SSSR count). The quantitative estimate of drug-likeness (QED) is 0.542. The van der Waals surface area contributed by atoms with Crippen molar-refractivity contribution in [3.63, 3.8) is 0 Å². The van der Waals surface area contributed by atoms with Crippen molar-refractivity contribution >= 4 is 11.6 Å². The summed E-state index contributed by atoms with van der Waals surface area (Å²) in [5.41, 5.74) is 2.93. The van der Waals surface area contributed by atoms with Crippen molar-refractivity contribution in [1.29, 1.82) is 0 Å². The van der Waals surface area contributed by atoms with Crippen LogP contribution in [0.5, 0.6) is 0 Å². The van der Waals surface area contributed by atoms with Crippen molar-refractivity contribution in [2.24, 2.45) is 0 Å². The average molecular weight is 246 g/mol. The van der Waals surface area contributed by atoms with Crippen LogP contribution in [-0.2, 0) is 17.6 Å². The van der Waals surface area contributed by atoms with Gasteiger partial charge in [0.15, 0.2) is 5.78 Å². The third kappa shape index (κ3) is 3.80. The summed E-state index contributed by atoms with van der Waals surface area (Å²) in [5.74, 6) is 0.0204. The Morgan fingerprint density at radius 2 is 1.78 bits per heavy atom. The Hall–Kier alpha value is -1.44. The van der Waals surface area contributed by atoms with Gasteiger partial charge in [-0.25, -0.2) is 0 Å². The Labute approximate surface area is 109 Å². The van der Waals surface area contributed by atoms with E-state index in [1.165, 1.54) is 0 Å². The fourth-order valence-electron chi connectivity index (χ4n) is 2.05. The summed E-state index contributed by atoms with van der Waals surface area (Å²) in [6.07, 6.45) is 3.09. The fraction of sp³-hybridized carbons (Fsp3) is 0.500. The van der Waals surface area contributed by atoms with Crippen molar-refractivity contribution in [3.05, 3.63) is 34.9 Å². The maximum atomic E-state index is 12.2. The number of benzene rings is 1. The lowest BCUT2D eigenvalue weighted by Crippen LogP contribution is -2.10. The van der Waals surface area contributed by atoms with Crippen molar-refractivity contribution in [2.45, 2.75) is 52.9 Å². The number of ketones is 2. The lowest BCUT2D eigenvalue weighted by molar-refractivity contribution is -0.118. The Morgan fingerprint density at radius 1 is 1.06 bits per heavy atom. The molecule has 0 unspecified atom stereocenters. The third-order valence-electron chi connectivity index (χ3n) is 3.15. The number of hydrogen-bond acceptors (Lipinski definition) is 2. The highest BCUT2D eigenvalue weighted by Crippen LogP contribution is 2.16. The molecule has 0 aliphatic rings. The van der Waals surface area contributed by atoms with Gasteiger partial charge in [-0.15, -0.1) is 0 Å². The largest absolute Gasteiger partial charge is 0.299 e. The standard InChI is InChI=1S/C16H22O2/c1-4-7-14(17)11-16(18)15-10-12(5-2)8-9-13(15)6-3/h8-10H,4-7,11H2,1-3H3. The Morgan fingerprint density at radius 3 is 2.33 bits per heavy atom. The highest BCUT2D eigenvalue weighted by molar-refractivity contribution is 6.08. The second-order valence-electron chi connectivity index (χ2n) is 4.59. The zero-order valence-corrected chi connectivity index (χ0v) is 11.6. The molecule has 98 valence electrons. The summed E-state index contributed by atoms with van der Waals surface area (Å²) in [5, 5.41) is 0. The minimum absolute atomic E-state index is 0.0272. The van der Waals surface area contributed by atoms with Gasteiger partial charge >= 0.3 is 0 Å². The number of Topliss-reactive ketones (excluding diaryl/α,β-unsaturated/α-hetero) is 2. The predicted molar refractivity (Wildman–Crippen MR) is 74.1 cm³/mol. The molecule has 0 radical (unpaired) electrons. The number of carbonyl (C=O) groups excluding carboxylic acids is 2. The first-order valence-corrected chi connectivity index (χ1v) is 6.79. The molecule has 0 heterocycles. The van der Waals surface area contributed by atoms with E-state index in [4.69, 9.17) is 0 Å². The van der Waals surface area contributed by atoms with Crippen LogP contribution in [0.3, 0.4) is 0 Å². The molecule has 0 bridgehead atoms. The normalized spacial score (nSPS) is 10.4. The van der Waals surface area contributed by atoms with Crippen molar-refractivity contribution in [1.82, 2.24) is 0 Å². The van der Waals surface area contributed by atoms with E-state index in [1.807, 2.05) is 26.0 Å². The van der Waals surface area contributed by atoms with E-state index in [0.717, 1.165) is 36.0 Å². The summed E-state index contributed by atoms with van der Waals surface area (Å²) < 4.78 is 0. The number of aryl methyl sites for hydroxylation is 2. The molecule has 0 saturated heterocycles. The fourth-order valence-corrected chi connectivity index (χ4v) is 2.05. The molecule has 0 aromatic heterocycles. The van der Waals surface area contributed by atoms with Crippen LogP contribution in [-0.4, -0.2) is 11.6 Å². The third-order valence-corrected chi connectivity index (χ3v) is 3.15. The zero-order valence-electron chi connectivity index (χ0n) is 11.6. The Bertz CT molecular complexity index is 433. The first-order chi connectivity index (χ1) is 8.62. The molecule has 0 aliphatic carbocycles. The van der Waals surface area contributed by atoms with Crippen molar-refractivity contribution in [2.75, 3.05) is 0 Å². The first-order valence-electron chi connectivity index (χ1n) is 6.79. The highest BCUT2D eigenvalue weighted by atomic mass is 16.1. The van der Waals surface area contributed by atoms with Gasteiger partial charge in [0, 0.05) is 12.0 Å². The lowest BCUT2D eigenvalue weighted by Gasteiger charge is -2.08. The van der Waals surface area contributed by atoms with Gasteiger partial charge in [0.25, 0.3) is 0 Å². The molecule has 2 nitrogen and oxygen atoms in total. The van der Waals surface area contributed by atoms with Crippen LogP contribution in [0.25, 0.3) is 0 Å². The van der Waals surface area contributed by atoms with Crippen LogP contribution in [0.1, 0.15) is 61.5 Å². The van der Waals surface area contributed by atoms with Crippen LogP contribution in [0.15, 0.2) is 18.2 Å². The van der Waals surface area contributed by atoms with Crippen LogP contribution in [0.2, 0.25) is 0 Å². The molecule has 0 amide bonds. The molecule has 0 aliphatic heterocycles. The molecule has 1 aromatic rings. The van der Waals surface area contributed by atoms with Gasteiger partial charge in [-0.05, 0) is 36.5 Å². The van der Waals surface area contributed by atoms with Crippen LogP contribution >= 0.6 is 0 Å². The molecular weight excluding hydrogens is 224 g/mol. The van der Waals surface area contributed by atoms with Gasteiger partial charge in [0.05, 0.1) is 6.42 Å². The molecule has 0 fully saturated rings. The summed E-state index contributed by atoms with van der Waals surface area (Å²) in [4.78, 5) is 23.7. The average Bonchev–Trinajstić information content (AvgIpc) is 2.38. The van der Waals surface area contributed by atoms with E-state index < -0.39 is 0 Å². The summed E-state index contributed by atoms with van der Waals surface area (Å²) >= 11 is 0. The van der Waals surface area contributed by atoms with E-state index in [-0.39, 0.29) is 18.0 Å². The maximum absolute atomic E-state index is 12.2. The monoisotopic (exact) mass is 246 g/mol. The predicted octanol–water partition coefficient (Wildman–Crippen LogP) is 3.75. The van der Waals surface area contributed by atoms with Crippen LogP contribution in [0, 0.1) is 0 Å². The molecular formula is C16H22O2. The first kappa shape index (κ1) is 14.6. The second kappa shape index (κ2) is 7.10. The zero-order chi connectivity index (χ0) is 13.5. The van der Waals surface area contributed by atoms with Gasteiger partial charge in [-0.2, -0.15) is 0 Å². The highest BCUT2D eigenvalue weighted by Gasteiger charge is 2.14. The van der Waals surface area contributed by atoms with Gasteiger partial charge < -0.3 is 0 Å². The number of rotatable bonds is 7. The molecule has 2 heteroatoms. The molecule has 0 N–H and O–H groups in total. The van der Waals surface area contributed by atoms with Gasteiger partial charge in [0.1, 0.15) is 5.78 Å². The molecule has 1 aromatic carbocycles. The van der Waals surface area contributed by atoms with E-state index >= 15 is 0 Å². The van der Waals surface area contributed by atoms with E-state index in [9.17, 15) is 9.59 Å². The SMILES string of the molecule is CCCC(=O)CC(=O)c1cc(CC)ccc1CC. The topological polar surface area (TPSA) is 34.1 Å².